The van der Waals surface area contributed by atoms with Gasteiger partial charge in [0.2, 0.25) is 5.91 Å². The number of ether oxygens (including phenoxy) is 1. The molecular weight excluding hydrogens is 388 g/mol. The average Bonchev–Trinajstić information content (AvgIpc) is 2.77. The standard InChI is InChI=1S/C21H24N4O5/c1-30-18-4-2-3-15(13-18)14-24-25-21(29)17-7-5-16(6-8-17)20(28)23-10-9-19(27)22-11-12-26/h2-8,13-14,26H,9-12H2,1H3,(H,22,27)(H,23,28)(H,25,29)/b24-14+. The molecule has 0 saturated carbocycles. The second kappa shape index (κ2) is 12.0. The fourth-order valence-corrected chi connectivity index (χ4v) is 2.40. The fraction of sp³-hybridized carbons (Fsp3) is 0.238. The molecule has 0 bridgehead atoms. The van der Waals surface area contributed by atoms with Crippen LogP contribution in [0, 0.1) is 0 Å². The van der Waals surface area contributed by atoms with Gasteiger partial charge < -0.3 is 20.5 Å². The van der Waals surface area contributed by atoms with Crippen molar-refractivity contribution in [3.05, 3.63) is 65.2 Å². The summed E-state index contributed by atoms with van der Waals surface area (Å²) in [6.45, 7) is 0.210. The molecule has 2 aromatic carbocycles. The third-order valence-corrected chi connectivity index (χ3v) is 3.95. The number of carbonyl (C=O) groups is 3. The first-order valence-electron chi connectivity index (χ1n) is 9.26. The van der Waals surface area contributed by atoms with E-state index in [2.05, 4.69) is 21.2 Å². The number of nitrogens with one attached hydrogen (secondary N) is 3. The number of carbonyl (C=O) groups excluding carboxylic acids is 3. The number of benzene rings is 2. The van der Waals surface area contributed by atoms with Crippen molar-refractivity contribution in [1.82, 2.24) is 16.1 Å². The summed E-state index contributed by atoms with van der Waals surface area (Å²) in [6, 6.07) is 13.3. The molecule has 0 aliphatic heterocycles. The van der Waals surface area contributed by atoms with E-state index in [1.807, 2.05) is 12.1 Å². The molecule has 2 rings (SSSR count). The van der Waals surface area contributed by atoms with Gasteiger partial charge in [-0.05, 0) is 42.0 Å². The van der Waals surface area contributed by atoms with Crippen LogP contribution in [0.2, 0.25) is 0 Å². The predicted octanol–water partition coefficient (Wildman–Crippen LogP) is 0.687. The number of aliphatic hydroxyl groups excluding tert-OH is 1. The molecule has 0 aliphatic rings. The van der Waals surface area contributed by atoms with E-state index in [9.17, 15) is 14.4 Å². The van der Waals surface area contributed by atoms with Gasteiger partial charge >= 0.3 is 0 Å². The minimum absolute atomic E-state index is 0.109. The highest BCUT2D eigenvalue weighted by molar-refractivity contribution is 5.98. The van der Waals surface area contributed by atoms with Crippen LogP contribution in [-0.2, 0) is 4.79 Å². The van der Waals surface area contributed by atoms with Gasteiger partial charge in [0.15, 0.2) is 0 Å². The lowest BCUT2D eigenvalue weighted by Gasteiger charge is -2.06. The molecule has 9 nitrogen and oxygen atoms in total. The molecular formula is C21H24N4O5. The molecule has 4 N–H and O–H groups in total. The van der Waals surface area contributed by atoms with E-state index < -0.39 is 5.91 Å². The van der Waals surface area contributed by atoms with Crippen molar-refractivity contribution >= 4 is 23.9 Å². The summed E-state index contributed by atoms with van der Waals surface area (Å²) in [5.41, 5.74) is 3.90. The summed E-state index contributed by atoms with van der Waals surface area (Å²) in [5.74, 6) is -0.342. The second-order valence-electron chi connectivity index (χ2n) is 6.13. The number of aliphatic hydroxyl groups is 1. The van der Waals surface area contributed by atoms with Crippen molar-refractivity contribution in [1.29, 1.82) is 0 Å². The highest BCUT2D eigenvalue weighted by atomic mass is 16.5. The van der Waals surface area contributed by atoms with E-state index >= 15 is 0 Å². The highest BCUT2D eigenvalue weighted by Crippen LogP contribution is 2.10. The Balaban J connectivity index is 1.82. The molecule has 0 saturated heterocycles. The van der Waals surface area contributed by atoms with Gasteiger partial charge in [-0.1, -0.05) is 12.1 Å². The molecule has 3 amide bonds. The summed E-state index contributed by atoms with van der Waals surface area (Å²) in [5, 5.41) is 17.7. The average molecular weight is 412 g/mol. The second-order valence-corrected chi connectivity index (χ2v) is 6.13. The van der Waals surface area contributed by atoms with Crippen molar-refractivity contribution in [2.75, 3.05) is 26.8 Å². The maximum atomic E-state index is 12.2. The Kier molecular flexibility index (Phi) is 9.01. The van der Waals surface area contributed by atoms with Gasteiger partial charge in [0, 0.05) is 30.6 Å². The molecule has 0 heterocycles. The number of hydrogen-bond donors (Lipinski definition) is 4. The van der Waals surface area contributed by atoms with Crippen LogP contribution in [0.15, 0.2) is 53.6 Å². The summed E-state index contributed by atoms with van der Waals surface area (Å²) in [7, 11) is 1.57. The minimum Gasteiger partial charge on any atom is -0.497 e. The molecule has 0 spiro atoms. The number of rotatable bonds is 10. The lowest BCUT2D eigenvalue weighted by molar-refractivity contribution is -0.121. The molecule has 0 aliphatic carbocycles. The van der Waals surface area contributed by atoms with Gasteiger partial charge in [-0.15, -0.1) is 0 Å². The predicted molar refractivity (Wildman–Crippen MR) is 112 cm³/mol. The zero-order valence-electron chi connectivity index (χ0n) is 16.6. The minimum atomic E-state index is -0.415. The van der Waals surface area contributed by atoms with Crippen molar-refractivity contribution in [2.24, 2.45) is 5.10 Å². The zero-order valence-corrected chi connectivity index (χ0v) is 16.6. The van der Waals surface area contributed by atoms with E-state index in [4.69, 9.17) is 9.84 Å². The summed E-state index contributed by atoms with van der Waals surface area (Å²) >= 11 is 0. The molecule has 0 atom stereocenters. The fourth-order valence-electron chi connectivity index (χ4n) is 2.40. The quantitative estimate of drug-likeness (QED) is 0.337. The van der Waals surface area contributed by atoms with E-state index in [0.717, 1.165) is 5.56 Å². The van der Waals surface area contributed by atoms with Crippen LogP contribution >= 0.6 is 0 Å². The van der Waals surface area contributed by atoms with Crippen molar-refractivity contribution in [3.63, 3.8) is 0 Å². The highest BCUT2D eigenvalue weighted by Gasteiger charge is 2.09. The van der Waals surface area contributed by atoms with E-state index in [-0.39, 0.29) is 37.9 Å². The van der Waals surface area contributed by atoms with Gasteiger partial charge in [0.05, 0.1) is 19.9 Å². The van der Waals surface area contributed by atoms with Gasteiger partial charge in [0.25, 0.3) is 11.8 Å². The molecule has 158 valence electrons. The maximum absolute atomic E-state index is 12.2. The van der Waals surface area contributed by atoms with Crippen LogP contribution in [0.3, 0.4) is 0 Å². The van der Waals surface area contributed by atoms with Crippen LogP contribution in [0.5, 0.6) is 5.75 Å². The lowest BCUT2D eigenvalue weighted by atomic mass is 10.1. The van der Waals surface area contributed by atoms with Crippen LogP contribution in [0.4, 0.5) is 0 Å². The Morgan fingerprint density at radius 2 is 1.70 bits per heavy atom. The first kappa shape index (κ1) is 22.6. The van der Waals surface area contributed by atoms with E-state index in [0.29, 0.717) is 16.9 Å². The van der Waals surface area contributed by atoms with Crippen LogP contribution < -0.4 is 20.8 Å². The Morgan fingerprint density at radius 3 is 2.37 bits per heavy atom. The van der Waals surface area contributed by atoms with E-state index in [1.165, 1.54) is 30.5 Å². The Bertz CT molecular complexity index is 897. The number of methoxy groups -OCH3 is 1. The van der Waals surface area contributed by atoms with Crippen LogP contribution in [0.1, 0.15) is 32.7 Å². The maximum Gasteiger partial charge on any atom is 0.271 e. The molecule has 2 aromatic rings. The van der Waals surface area contributed by atoms with Crippen molar-refractivity contribution in [3.8, 4) is 5.75 Å². The smallest absolute Gasteiger partial charge is 0.271 e. The number of hydrogen-bond acceptors (Lipinski definition) is 6. The van der Waals surface area contributed by atoms with E-state index in [1.54, 1.807) is 19.2 Å². The zero-order chi connectivity index (χ0) is 21.8. The normalized spacial score (nSPS) is 10.5. The Morgan fingerprint density at radius 1 is 1.00 bits per heavy atom. The Hall–Kier alpha value is -3.72. The first-order valence-corrected chi connectivity index (χ1v) is 9.26. The largest absolute Gasteiger partial charge is 0.497 e. The summed E-state index contributed by atoms with van der Waals surface area (Å²) < 4.78 is 5.12. The number of nitrogens with zero attached hydrogens (tertiary/aromatic N) is 1. The number of hydrazone groups is 1. The monoisotopic (exact) mass is 412 g/mol. The molecule has 9 heteroatoms. The van der Waals surface area contributed by atoms with Crippen molar-refractivity contribution in [2.45, 2.75) is 6.42 Å². The third kappa shape index (κ3) is 7.36. The molecule has 0 radical (unpaired) electrons. The summed E-state index contributed by atoms with van der Waals surface area (Å²) in [6.07, 6.45) is 1.61. The number of amides is 3. The molecule has 0 aromatic heterocycles. The molecule has 0 fully saturated rings. The van der Waals surface area contributed by atoms with Gasteiger partial charge in [-0.2, -0.15) is 5.10 Å². The first-order chi connectivity index (χ1) is 14.5. The van der Waals surface area contributed by atoms with Gasteiger partial charge in [-0.25, -0.2) is 5.43 Å². The summed E-state index contributed by atoms with van der Waals surface area (Å²) in [4.78, 5) is 35.7. The SMILES string of the molecule is COc1cccc(/C=N/NC(=O)c2ccc(C(=O)NCCC(=O)NCCO)cc2)c1. The lowest BCUT2D eigenvalue weighted by Crippen LogP contribution is -2.32. The van der Waals surface area contributed by atoms with Crippen molar-refractivity contribution < 1.29 is 24.2 Å². The molecule has 30 heavy (non-hydrogen) atoms. The third-order valence-electron chi connectivity index (χ3n) is 3.95. The molecule has 0 unspecified atom stereocenters. The van der Waals surface area contributed by atoms with Crippen LogP contribution in [0.25, 0.3) is 0 Å². The van der Waals surface area contributed by atoms with Gasteiger partial charge in [-0.3, -0.25) is 14.4 Å². The Labute approximate surface area is 174 Å². The van der Waals surface area contributed by atoms with Crippen LogP contribution in [-0.4, -0.2) is 55.8 Å². The topological polar surface area (TPSA) is 129 Å². The van der Waals surface area contributed by atoms with Gasteiger partial charge in [0.1, 0.15) is 5.75 Å².